The highest BCUT2D eigenvalue weighted by molar-refractivity contribution is 5.97. The minimum Gasteiger partial charge on any atom is -0.358 e. The number of rotatable bonds is 6. The van der Waals surface area contributed by atoms with Crippen molar-refractivity contribution >= 4 is 27.6 Å². The molecule has 10 heteroatoms. The number of nitrogens with one attached hydrogen (secondary N) is 3. The first kappa shape index (κ1) is 24.1. The topological polar surface area (TPSA) is 121 Å². The molecule has 0 spiro atoms. The first-order chi connectivity index (χ1) is 19.7. The molecule has 3 N–H and O–H groups in total. The lowest BCUT2D eigenvalue weighted by Crippen LogP contribution is -2.14. The molecule has 198 valence electrons. The Hall–Kier alpha value is -4.99. The molecular weight excluding hydrogens is 505 g/mol. The summed E-state index contributed by atoms with van der Waals surface area (Å²) in [4.78, 5) is 25.4. The first-order valence-electron chi connectivity index (χ1n) is 13.3. The molecule has 9 nitrogen and oxygen atoms in total. The standard InChI is InChI=1S/C30H26FN9/c1-17(18-5-3-2-4-6-18)36-21-13-20(14-33-15-21)26-25(31)24-23(16-35-26)39-40-29(24)30-37-22-9-12-34-27(28(22)38-30)19-7-10-32-11-8-19/h7-16,18,36H,1-6H2,(H,37,38)(H,39,40). The highest BCUT2D eigenvalue weighted by Crippen LogP contribution is 2.35. The second-order valence-electron chi connectivity index (χ2n) is 10.1. The maximum absolute atomic E-state index is 16.2. The van der Waals surface area contributed by atoms with E-state index in [1.165, 1.54) is 19.3 Å². The van der Waals surface area contributed by atoms with Crippen LogP contribution in [-0.2, 0) is 0 Å². The van der Waals surface area contributed by atoms with Gasteiger partial charge in [-0.2, -0.15) is 5.10 Å². The van der Waals surface area contributed by atoms with Crippen molar-refractivity contribution < 1.29 is 4.39 Å². The van der Waals surface area contributed by atoms with Crippen LogP contribution in [0.4, 0.5) is 10.1 Å². The van der Waals surface area contributed by atoms with Gasteiger partial charge < -0.3 is 10.3 Å². The molecule has 1 aliphatic carbocycles. The van der Waals surface area contributed by atoms with Crippen molar-refractivity contribution in [2.75, 3.05) is 5.32 Å². The average molecular weight is 532 g/mol. The summed E-state index contributed by atoms with van der Waals surface area (Å²) in [7, 11) is 0. The fourth-order valence-electron chi connectivity index (χ4n) is 5.49. The Labute approximate surface area is 229 Å². The number of hydrogen-bond acceptors (Lipinski definition) is 7. The van der Waals surface area contributed by atoms with E-state index in [-0.39, 0.29) is 5.69 Å². The normalized spacial score (nSPS) is 14.1. The van der Waals surface area contributed by atoms with Gasteiger partial charge in [-0.15, -0.1) is 0 Å². The van der Waals surface area contributed by atoms with Gasteiger partial charge in [-0.1, -0.05) is 25.8 Å². The molecule has 0 unspecified atom stereocenters. The van der Waals surface area contributed by atoms with Crippen LogP contribution in [0.2, 0.25) is 0 Å². The van der Waals surface area contributed by atoms with Crippen molar-refractivity contribution in [2.45, 2.75) is 32.1 Å². The quantitative estimate of drug-likeness (QED) is 0.220. The van der Waals surface area contributed by atoms with Gasteiger partial charge in [-0.05, 0) is 43.0 Å². The maximum Gasteiger partial charge on any atom is 0.161 e. The predicted molar refractivity (Wildman–Crippen MR) is 153 cm³/mol. The Balaban J connectivity index is 1.26. The fourth-order valence-corrected chi connectivity index (χ4v) is 5.49. The van der Waals surface area contributed by atoms with E-state index in [1.807, 2.05) is 24.3 Å². The zero-order valence-electron chi connectivity index (χ0n) is 21.7. The SMILES string of the molecule is C=C(Nc1cncc(-c2ncc3[nH]nc(-c4nc5c(-c6ccncc6)nccc5[nH]4)c3c2F)c1)C1CCCCC1. The van der Waals surface area contributed by atoms with Gasteiger partial charge in [-0.3, -0.25) is 25.0 Å². The van der Waals surface area contributed by atoms with Gasteiger partial charge in [0.15, 0.2) is 11.6 Å². The summed E-state index contributed by atoms with van der Waals surface area (Å²) in [5.41, 5.74) is 6.33. The smallest absolute Gasteiger partial charge is 0.161 e. The molecule has 7 rings (SSSR count). The predicted octanol–water partition coefficient (Wildman–Crippen LogP) is 6.67. The van der Waals surface area contributed by atoms with Crippen molar-refractivity contribution in [3.05, 3.63) is 79.5 Å². The largest absolute Gasteiger partial charge is 0.358 e. The number of hydrogen-bond donors (Lipinski definition) is 3. The van der Waals surface area contributed by atoms with Crippen LogP contribution in [0.25, 0.3) is 56.0 Å². The first-order valence-corrected chi connectivity index (χ1v) is 13.3. The fraction of sp³-hybridized carbons (Fsp3) is 0.200. The van der Waals surface area contributed by atoms with Crippen LogP contribution in [0.5, 0.6) is 0 Å². The molecular formula is C30H26FN9. The zero-order chi connectivity index (χ0) is 27.1. The molecule has 0 bridgehead atoms. The number of halogens is 1. The maximum atomic E-state index is 16.2. The summed E-state index contributed by atoms with van der Waals surface area (Å²) in [6.07, 6.45) is 16.0. The monoisotopic (exact) mass is 531 g/mol. The third-order valence-electron chi connectivity index (χ3n) is 7.54. The van der Waals surface area contributed by atoms with E-state index in [4.69, 9.17) is 4.98 Å². The van der Waals surface area contributed by atoms with Crippen molar-refractivity contribution in [3.63, 3.8) is 0 Å². The van der Waals surface area contributed by atoms with Crippen LogP contribution >= 0.6 is 0 Å². The molecule has 1 saturated carbocycles. The number of nitrogens with zero attached hydrogens (tertiary/aromatic N) is 6. The number of pyridine rings is 4. The lowest BCUT2D eigenvalue weighted by molar-refractivity contribution is 0.405. The number of fused-ring (bicyclic) bond motifs is 2. The Morgan fingerprint density at radius 3 is 2.58 bits per heavy atom. The van der Waals surface area contributed by atoms with Crippen LogP contribution < -0.4 is 5.32 Å². The molecule has 6 aromatic rings. The van der Waals surface area contributed by atoms with Crippen LogP contribution in [-0.4, -0.2) is 40.1 Å². The molecule has 0 aliphatic heterocycles. The van der Waals surface area contributed by atoms with E-state index in [9.17, 15) is 0 Å². The van der Waals surface area contributed by atoms with E-state index in [0.29, 0.717) is 45.1 Å². The van der Waals surface area contributed by atoms with E-state index in [0.717, 1.165) is 35.3 Å². The molecule has 6 heterocycles. The van der Waals surface area contributed by atoms with Gasteiger partial charge in [0.05, 0.1) is 40.2 Å². The van der Waals surface area contributed by atoms with E-state index in [1.54, 1.807) is 37.2 Å². The summed E-state index contributed by atoms with van der Waals surface area (Å²) in [6.45, 7) is 4.26. The van der Waals surface area contributed by atoms with Gasteiger partial charge in [0.2, 0.25) is 0 Å². The van der Waals surface area contributed by atoms with Crippen molar-refractivity contribution in [3.8, 4) is 34.0 Å². The minimum absolute atomic E-state index is 0.185. The van der Waals surface area contributed by atoms with E-state index >= 15 is 4.39 Å². The van der Waals surface area contributed by atoms with E-state index in [2.05, 4.69) is 47.0 Å². The Bertz CT molecular complexity index is 1850. The second kappa shape index (κ2) is 9.96. The van der Waals surface area contributed by atoms with Crippen LogP contribution in [0.1, 0.15) is 32.1 Å². The molecule has 0 radical (unpaired) electrons. The summed E-state index contributed by atoms with van der Waals surface area (Å²) in [6, 6.07) is 7.43. The number of allylic oxidation sites excluding steroid dienone is 1. The summed E-state index contributed by atoms with van der Waals surface area (Å²) in [5.74, 6) is 0.368. The summed E-state index contributed by atoms with van der Waals surface area (Å²) >= 11 is 0. The third-order valence-corrected chi connectivity index (χ3v) is 7.54. The lowest BCUT2D eigenvalue weighted by Gasteiger charge is -2.24. The van der Waals surface area contributed by atoms with Crippen molar-refractivity contribution in [2.24, 2.45) is 5.92 Å². The number of imidazole rings is 1. The average Bonchev–Trinajstić information content (AvgIpc) is 3.63. The van der Waals surface area contributed by atoms with Gasteiger partial charge in [-0.25, -0.2) is 9.37 Å². The summed E-state index contributed by atoms with van der Waals surface area (Å²) in [5, 5.41) is 11.0. The van der Waals surface area contributed by atoms with Gasteiger partial charge in [0.1, 0.15) is 16.9 Å². The summed E-state index contributed by atoms with van der Waals surface area (Å²) < 4.78 is 16.2. The van der Waals surface area contributed by atoms with Crippen LogP contribution in [0, 0.1) is 11.7 Å². The Kier molecular flexibility index (Phi) is 5.99. The Morgan fingerprint density at radius 1 is 0.875 bits per heavy atom. The molecule has 1 fully saturated rings. The number of aromatic amines is 2. The highest BCUT2D eigenvalue weighted by Gasteiger charge is 2.22. The molecule has 0 amide bonds. The zero-order valence-corrected chi connectivity index (χ0v) is 21.7. The highest BCUT2D eigenvalue weighted by atomic mass is 19.1. The third kappa shape index (κ3) is 4.27. The molecule has 0 saturated heterocycles. The van der Waals surface area contributed by atoms with E-state index < -0.39 is 5.82 Å². The van der Waals surface area contributed by atoms with Gasteiger partial charge >= 0.3 is 0 Å². The minimum atomic E-state index is -0.501. The molecule has 40 heavy (non-hydrogen) atoms. The van der Waals surface area contributed by atoms with Crippen LogP contribution in [0.15, 0.2) is 73.7 Å². The number of H-pyrrole nitrogens is 2. The van der Waals surface area contributed by atoms with Crippen LogP contribution in [0.3, 0.4) is 0 Å². The van der Waals surface area contributed by atoms with Gasteiger partial charge in [0, 0.05) is 41.6 Å². The van der Waals surface area contributed by atoms with Crippen molar-refractivity contribution in [1.82, 2.24) is 40.1 Å². The van der Waals surface area contributed by atoms with Crippen molar-refractivity contribution in [1.29, 1.82) is 0 Å². The van der Waals surface area contributed by atoms with Gasteiger partial charge in [0.25, 0.3) is 0 Å². The molecule has 1 aliphatic rings. The second-order valence-corrected chi connectivity index (χ2v) is 10.1. The molecule has 6 aromatic heterocycles. The number of anilines is 1. The lowest BCUT2D eigenvalue weighted by atomic mass is 9.87. The number of aromatic nitrogens is 8. The molecule has 0 aromatic carbocycles. The Morgan fingerprint density at radius 2 is 1.73 bits per heavy atom. The molecule has 0 atom stereocenters.